The van der Waals surface area contributed by atoms with Crippen LogP contribution in [0.25, 0.3) is 22.2 Å². The maximum absolute atomic E-state index is 12.3. The first-order chi connectivity index (χ1) is 9.66. The average molecular weight is 267 g/mol. The third-order valence-corrected chi connectivity index (χ3v) is 3.03. The second-order valence-corrected chi connectivity index (χ2v) is 4.25. The molecule has 20 heavy (non-hydrogen) atoms. The highest BCUT2D eigenvalue weighted by Crippen LogP contribution is 2.19. The van der Waals surface area contributed by atoms with Crippen molar-refractivity contribution in [2.75, 3.05) is 0 Å². The van der Waals surface area contributed by atoms with Crippen molar-refractivity contribution in [1.29, 1.82) is 0 Å². The molecule has 0 spiro atoms. The van der Waals surface area contributed by atoms with Crippen LogP contribution >= 0.6 is 0 Å². The van der Waals surface area contributed by atoms with E-state index < -0.39 is 4.92 Å². The van der Waals surface area contributed by atoms with Crippen LogP contribution in [-0.2, 0) is 0 Å². The predicted octanol–water partition coefficient (Wildman–Crippen LogP) is 2.50. The highest BCUT2D eigenvalue weighted by Gasteiger charge is 2.11. The summed E-state index contributed by atoms with van der Waals surface area (Å²) in [6, 6.07) is 12.8. The van der Waals surface area contributed by atoms with Gasteiger partial charge in [-0.2, -0.15) is 5.10 Å². The van der Waals surface area contributed by atoms with Crippen LogP contribution in [0.2, 0.25) is 0 Å². The van der Waals surface area contributed by atoms with E-state index in [2.05, 4.69) is 10.2 Å². The molecule has 98 valence electrons. The minimum Gasteiger partial charge on any atom is -0.287 e. The molecule has 1 heterocycles. The highest BCUT2D eigenvalue weighted by molar-refractivity contribution is 5.81. The Morgan fingerprint density at radius 3 is 2.45 bits per heavy atom. The predicted molar refractivity (Wildman–Crippen MR) is 74.5 cm³/mol. The van der Waals surface area contributed by atoms with Gasteiger partial charge in [0.25, 0.3) is 5.69 Å². The number of nitro benzene ring substituents is 1. The monoisotopic (exact) mass is 267 g/mol. The van der Waals surface area contributed by atoms with Gasteiger partial charge in [-0.15, -0.1) is 0 Å². The fraction of sp³-hybridized carbons (Fsp3) is 0. The molecular formula is C14H9N3O3. The number of rotatable bonds is 2. The normalized spacial score (nSPS) is 10.6. The molecule has 0 bridgehead atoms. The molecule has 3 rings (SSSR count). The van der Waals surface area contributed by atoms with Crippen molar-refractivity contribution in [3.63, 3.8) is 0 Å². The third-order valence-electron chi connectivity index (χ3n) is 3.03. The molecule has 0 aliphatic heterocycles. The molecule has 6 nitrogen and oxygen atoms in total. The van der Waals surface area contributed by atoms with Gasteiger partial charge in [-0.25, -0.2) is 0 Å². The number of non-ortho nitro benzene ring substituents is 1. The van der Waals surface area contributed by atoms with Crippen LogP contribution in [0.3, 0.4) is 0 Å². The van der Waals surface area contributed by atoms with Crippen LogP contribution in [0.5, 0.6) is 0 Å². The SMILES string of the molecule is O=c1c(-c2ccc([N+](=O)[O-])cc2)n[nH]c2ccccc12. The smallest absolute Gasteiger partial charge is 0.269 e. The van der Waals surface area contributed by atoms with Gasteiger partial charge in [-0.1, -0.05) is 12.1 Å². The topological polar surface area (TPSA) is 88.9 Å². The van der Waals surface area contributed by atoms with Gasteiger partial charge in [0, 0.05) is 23.1 Å². The van der Waals surface area contributed by atoms with Crippen molar-refractivity contribution in [2.45, 2.75) is 0 Å². The summed E-state index contributed by atoms with van der Waals surface area (Å²) in [5.41, 5.74) is 1.23. The minimum absolute atomic E-state index is 0.0223. The summed E-state index contributed by atoms with van der Waals surface area (Å²) in [5.74, 6) is 0. The van der Waals surface area contributed by atoms with Gasteiger partial charge in [-0.3, -0.25) is 20.0 Å². The summed E-state index contributed by atoms with van der Waals surface area (Å²) in [6.45, 7) is 0. The van der Waals surface area contributed by atoms with Crippen molar-refractivity contribution in [3.05, 3.63) is 68.9 Å². The number of hydrogen-bond acceptors (Lipinski definition) is 4. The molecule has 0 radical (unpaired) electrons. The molecule has 0 atom stereocenters. The molecule has 0 unspecified atom stereocenters. The Morgan fingerprint density at radius 1 is 1.05 bits per heavy atom. The molecular weight excluding hydrogens is 258 g/mol. The molecule has 1 aromatic heterocycles. The zero-order chi connectivity index (χ0) is 14.1. The molecule has 0 aliphatic rings. The van der Waals surface area contributed by atoms with Gasteiger partial charge in [0.15, 0.2) is 0 Å². The van der Waals surface area contributed by atoms with Crippen molar-refractivity contribution >= 4 is 16.6 Å². The molecule has 6 heteroatoms. The Balaban J connectivity index is 2.17. The molecule has 1 N–H and O–H groups in total. The van der Waals surface area contributed by atoms with Gasteiger partial charge in [-0.05, 0) is 24.3 Å². The van der Waals surface area contributed by atoms with E-state index in [0.29, 0.717) is 16.5 Å². The lowest BCUT2D eigenvalue weighted by Gasteiger charge is -2.02. The van der Waals surface area contributed by atoms with Crippen LogP contribution in [0, 0.1) is 10.1 Å². The molecule has 2 aromatic carbocycles. The Bertz CT molecular complexity index is 853. The largest absolute Gasteiger partial charge is 0.287 e. The van der Waals surface area contributed by atoms with Gasteiger partial charge < -0.3 is 0 Å². The van der Waals surface area contributed by atoms with E-state index >= 15 is 0 Å². The summed E-state index contributed by atoms with van der Waals surface area (Å²) in [4.78, 5) is 22.5. The number of fused-ring (bicyclic) bond motifs is 1. The van der Waals surface area contributed by atoms with Crippen molar-refractivity contribution in [3.8, 4) is 11.3 Å². The van der Waals surface area contributed by atoms with Gasteiger partial charge in [0.2, 0.25) is 5.43 Å². The van der Waals surface area contributed by atoms with Gasteiger partial charge >= 0.3 is 0 Å². The maximum atomic E-state index is 12.3. The first-order valence-corrected chi connectivity index (χ1v) is 5.89. The van der Waals surface area contributed by atoms with Crippen LogP contribution in [0.4, 0.5) is 5.69 Å². The number of H-pyrrole nitrogens is 1. The van der Waals surface area contributed by atoms with Crippen molar-refractivity contribution in [1.82, 2.24) is 10.2 Å². The zero-order valence-electron chi connectivity index (χ0n) is 10.2. The number of aromatic amines is 1. The first kappa shape index (κ1) is 12.0. The van der Waals surface area contributed by atoms with Gasteiger partial charge in [0.05, 0.1) is 10.4 Å². The minimum atomic E-state index is -0.484. The Hall–Kier alpha value is -3.02. The summed E-state index contributed by atoms with van der Waals surface area (Å²) in [5, 5.41) is 18.0. The van der Waals surface area contributed by atoms with E-state index in [1.807, 2.05) is 6.07 Å². The lowest BCUT2D eigenvalue weighted by molar-refractivity contribution is -0.384. The number of nitrogens with one attached hydrogen (secondary N) is 1. The molecule has 0 saturated heterocycles. The van der Waals surface area contributed by atoms with E-state index in [-0.39, 0.29) is 16.8 Å². The molecule has 0 amide bonds. The van der Waals surface area contributed by atoms with E-state index in [4.69, 9.17) is 0 Å². The number of benzene rings is 2. The fourth-order valence-electron chi connectivity index (χ4n) is 2.01. The second kappa shape index (κ2) is 4.58. The lowest BCUT2D eigenvalue weighted by Crippen LogP contribution is -2.09. The zero-order valence-corrected chi connectivity index (χ0v) is 10.2. The summed E-state index contributed by atoms with van der Waals surface area (Å²) >= 11 is 0. The van der Waals surface area contributed by atoms with E-state index in [1.165, 1.54) is 24.3 Å². The summed E-state index contributed by atoms with van der Waals surface area (Å²) < 4.78 is 0. The molecule has 0 fully saturated rings. The highest BCUT2D eigenvalue weighted by atomic mass is 16.6. The van der Waals surface area contributed by atoms with E-state index in [9.17, 15) is 14.9 Å². The number of hydrogen-bond donors (Lipinski definition) is 1. The van der Waals surface area contributed by atoms with Crippen LogP contribution < -0.4 is 5.43 Å². The van der Waals surface area contributed by atoms with Gasteiger partial charge in [0.1, 0.15) is 5.69 Å². The Morgan fingerprint density at radius 2 is 1.75 bits per heavy atom. The number of nitro groups is 1. The summed E-state index contributed by atoms with van der Waals surface area (Å²) in [7, 11) is 0. The maximum Gasteiger partial charge on any atom is 0.269 e. The number of nitrogens with zero attached hydrogens (tertiary/aromatic N) is 2. The Kier molecular flexibility index (Phi) is 2.76. The Labute approximate surface area is 112 Å². The average Bonchev–Trinajstić information content (AvgIpc) is 2.48. The third kappa shape index (κ3) is 1.93. The van der Waals surface area contributed by atoms with E-state index in [0.717, 1.165) is 0 Å². The first-order valence-electron chi connectivity index (χ1n) is 5.89. The van der Waals surface area contributed by atoms with Crippen LogP contribution in [0.1, 0.15) is 0 Å². The molecule has 3 aromatic rings. The fourth-order valence-corrected chi connectivity index (χ4v) is 2.01. The second-order valence-electron chi connectivity index (χ2n) is 4.25. The lowest BCUT2D eigenvalue weighted by atomic mass is 10.1. The van der Waals surface area contributed by atoms with Crippen LogP contribution in [-0.4, -0.2) is 15.1 Å². The van der Waals surface area contributed by atoms with Crippen LogP contribution in [0.15, 0.2) is 53.3 Å². The van der Waals surface area contributed by atoms with E-state index in [1.54, 1.807) is 18.2 Å². The summed E-state index contributed by atoms with van der Waals surface area (Å²) in [6.07, 6.45) is 0. The van der Waals surface area contributed by atoms with Crippen molar-refractivity contribution < 1.29 is 4.92 Å². The molecule has 0 saturated carbocycles. The standard InChI is InChI=1S/C14H9N3O3/c18-14-11-3-1-2-4-12(11)15-16-13(14)9-5-7-10(8-6-9)17(19)20/h1-8H,(H,15,18). The number of para-hydroxylation sites is 1. The quantitative estimate of drug-likeness (QED) is 0.570. The van der Waals surface area contributed by atoms with Crippen molar-refractivity contribution in [2.24, 2.45) is 0 Å². The number of aromatic nitrogens is 2. The molecule has 0 aliphatic carbocycles.